The SMILES string of the molecule is CCCCC(=O)N(C)C(C[C@@H](OC(C)=O)c1nc(C(=O)N[C@@H](Cc2ccc(OP(=O)(O)O)c(NC)c2)CC(C)C=O)cs1)C(C)C. The molecule has 0 fully saturated rings. The van der Waals surface area contributed by atoms with Crippen molar-refractivity contribution in [3.8, 4) is 5.75 Å². The van der Waals surface area contributed by atoms with Gasteiger partial charge < -0.3 is 29.6 Å². The normalized spacial score (nSPS) is 14.1. The van der Waals surface area contributed by atoms with Crippen molar-refractivity contribution in [3.05, 3.63) is 39.8 Å². The van der Waals surface area contributed by atoms with Crippen LogP contribution in [0.1, 0.15) is 93.9 Å². The van der Waals surface area contributed by atoms with Gasteiger partial charge in [-0.3, -0.25) is 24.2 Å². The van der Waals surface area contributed by atoms with Gasteiger partial charge in [-0.1, -0.05) is 40.2 Å². The first-order valence-corrected chi connectivity index (χ1v) is 17.7. The van der Waals surface area contributed by atoms with Crippen LogP contribution in [-0.4, -0.2) is 69.9 Å². The Kier molecular flexibility index (Phi) is 15.3. The van der Waals surface area contributed by atoms with Gasteiger partial charge in [-0.05, 0) is 42.9 Å². The summed E-state index contributed by atoms with van der Waals surface area (Å²) in [6, 6.07) is 3.97. The summed E-state index contributed by atoms with van der Waals surface area (Å²) in [4.78, 5) is 74.4. The number of carbonyl (C=O) groups excluding carboxylic acids is 4. The zero-order chi connectivity index (χ0) is 34.6. The molecule has 0 radical (unpaired) electrons. The highest BCUT2D eigenvalue weighted by Gasteiger charge is 2.31. The van der Waals surface area contributed by atoms with E-state index in [-0.39, 0.29) is 35.2 Å². The van der Waals surface area contributed by atoms with Crippen LogP contribution in [-0.2, 0) is 30.1 Å². The van der Waals surface area contributed by atoms with Crippen molar-refractivity contribution in [2.24, 2.45) is 11.8 Å². The predicted octanol–water partition coefficient (Wildman–Crippen LogP) is 4.89. The molecular formula is C31H47N4O9PS. The molecule has 15 heteroatoms. The number of benzene rings is 1. The van der Waals surface area contributed by atoms with E-state index < -0.39 is 31.8 Å². The van der Waals surface area contributed by atoms with Gasteiger partial charge in [-0.2, -0.15) is 0 Å². The first-order valence-electron chi connectivity index (χ1n) is 15.3. The van der Waals surface area contributed by atoms with Crippen molar-refractivity contribution < 1.29 is 42.8 Å². The van der Waals surface area contributed by atoms with Crippen LogP contribution in [0.4, 0.5) is 5.69 Å². The van der Waals surface area contributed by atoms with Crippen molar-refractivity contribution in [1.82, 2.24) is 15.2 Å². The van der Waals surface area contributed by atoms with E-state index >= 15 is 0 Å². The second-order valence-electron chi connectivity index (χ2n) is 11.7. The number of aromatic nitrogens is 1. The molecule has 0 aliphatic heterocycles. The zero-order valence-corrected chi connectivity index (χ0v) is 29.2. The fourth-order valence-electron chi connectivity index (χ4n) is 5.07. The lowest BCUT2D eigenvalue weighted by molar-refractivity contribution is -0.148. The van der Waals surface area contributed by atoms with Crippen molar-refractivity contribution in [3.63, 3.8) is 0 Å². The lowest BCUT2D eigenvalue weighted by atomic mass is 9.96. The zero-order valence-electron chi connectivity index (χ0n) is 27.5. The number of thiazole rings is 1. The molecular weight excluding hydrogens is 635 g/mol. The number of phosphoric ester groups is 1. The highest BCUT2D eigenvalue weighted by atomic mass is 32.1. The molecule has 13 nitrogen and oxygen atoms in total. The molecule has 0 spiro atoms. The number of rotatable bonds is 19. The third-order valence-corrected chi connectivity index (χ3v) is 8.81. The number of ether oxygens (including phenoxy) is 1. The average molecular weight is 683 g/mol. The Labute approximate surface area is 274 Å². The maximum absolute atomic E-state index is 13.4. The Hall–Kier alpha value is -3.32. The quantitative estimate of drug-likeness (QED) is 0.0899. The number of amides is 2. The molecule has 46 heavy (non-hydrogen) atoms. The number of hydrogen-bond donors (Lipinski definition) is 4. The van der Waals surface area contributed by atoms with Crippen LogP contribution in [0.15, 0.2) is 23.6 Å². The maximum atomic E-state index is 13.4. The van der Waals surface area contributed by atoms with Crippen LogP contribution >= 0.6 is 19.2 Å². The van der Waals surface area contributed by atoms with Gasteiger partial charge in [-0.15, -0.1) is 11.3 Å². The standard InChI is InChI=1S/C31H47N4O9PS/c1-8-9-10-29(38)35(7)26(19(2)3)16-28(43-21(5)37)31-34-25(18-46-31)30(39)33-23(13-20(4)17-36)14-22-11-12-27(24(15-22)32-6)44-45(40,41)42/h11-12,15,17-20,23,26,28,32H,8-10,13-14,16H2,1-7H3,(H,33,39)(H2,40,41,42)/t20?,23-,26?,28-/m1/s1. The van der Waals surface area contributed by atoms with Crippen molar-refractivity contribution in [2.45, 2.75) is 91.3 Å². The number of anilines is 1. The Morgan fingerprint density at radius 3 is 2.43 bits per heavy atom. The summed E-state index contributed by atoms with van der Waals surface area (Å²) in [5.74, 6) is -1.30. The molecule has 4 N–H and O–H groups in total. The monoisotopic (exact) mass is 682 g/mol. The minimum absolute atomic E-state index is 0.0164. The number of nitrogens with zero attached hydrogens (tertiary/aromatic N) is 2. The minimum atomic E-state index is -4.77. The molecule has 1 aromatic heterocycles. The molecule has 2 unspecified atom stereocenters. The molecule has 4 atom stereocenters. The smallest absolute Gasteiger partial charge is 0.455 e. The Morgan fingerprint density at radius 1 is 1.17 bits per heavy atom. The van der Waals surface area contributed by atoms with E-state index in [1.807, 2.05) is 20.8 Å². The number of phosphoric acid groups is 1. The van der Waals surface area contributed by atoms with Gasteiger partial charge in [0.15, 0.2) is 11.9 Å². The van der Waals surface area contributed by atoms with Crippen LogP contribution in [0.3, 0.4) is 0 Å². The lowest BCUT2D eigenvalue weighted by Gasteiger charge is -2.33. The summed E-state index contributed by atoms with van der Waals surface area (Å²) in [6.07, 6.45) is 3.09. The second-order valence-corrected chi connectivity index (χ2v) is 13.8. The number of hydrogen-bond acceptors (Lipinski definition) is 10. The highest BCUT2D eigenvalue weighted by molar-refractivity contribution is 7.46. The summed E-state index contributed by atoms with van der Waals surface area (Å²) >= 11 is 1.18. The molecule has 0 aliphatic rings. The Bertz CT molecular complexity index is 1380. The topological polar surface area (TPSA) is 184 Å². The van der Waals surface area contributed by atoms with Crippen LogP contribution in [0, 0.1) is 11.8 Å². The van der Waals surface area contributed by atoms with Crippen molar-refractivity contribution >= 4 is 48.9 Å². The summed E-state index contributed by atoms with van der Waals surface area (Å²) < 4.78 is 21.7. The minimum Gasteiger partial charge on any atom is -0.455 e. The first-order chi connectivity index (χ1) is 21.6. The number of aldehydes is 1. The predicted molar refractivity (Wildman–Crippen MR) is 176 cm³/mol. The fourth-order valence-corrected chi connectivity index (χ4v) is 6.33. The number of nitrogens with one attached hydrogen (secondary N) is 2. The largest absolute Gasteiger partial charge is 0.524 e. The van der Waals surface area contributed by atoms with Gasteiger partial charge >= 0.3 is 13.8 Å². The Balaban J connectivity index is 2.29. The number of esters is 1. The Morgan fingerprint density at radius 2 is 1.87 bits per heavy atom. The van der Waals surface area contributed by atoms with E-state index in [4.69, 9.17) is 9.26 Å². The van der Waals surface area contributed by atoms with Crippen LogP contribution in [0.2, 0.25) is 0 Å². The van der Waals surface area contributed by atoms with E-state index in [9.17, 15) is 33.5 Å². The molecule has 2 aromatic rings. The lowest BCUT2D eigenvalue weighted by Crippen LogP contribution is -2.41. The molecule has 256 valence electrons. The van der Waals surface area contributed by atoms with Crippen molar-refractivity contribution in [2.75, 3.05) is 19.4 Å². The van der Waals surface area contributed by atoms with Crippen LogP contribution < -0.4 is 15.2 Å². The van der Waals surface area contributed by atoms with Gasteiger partial charge in [0, 0.05) is 57.2 Å². The van der Waals surface area contributed by atoms with Gasteiger partial charge in [0.2, 0.25) is 5.91 Å². The summed E-state index contributed by atoms with van der Waals surface area (Å²) in [5, 5.41) is 7.80. The first kappa shape index (κ1) is 38.9. The molecule has 2 amide bonds. The van der Waals surface area contributed by atoms with Crippen molar-refractivity contribution in [1.29, 1.82) is 0 Å². The molecule has 0 aliphatic carbocycles. The third kappa shape index (κ3) is 12.5. The summed E-state index contributed by atoms with van der Waals surface area (Å²) in [6.45, 7) is 9.06. The summed E-state index contributed by atoms with van der Waals surface area (Å²) in [5.41, 5.74) is 1.18. The van der Waals surface area contributed by atoms with E-state index in [1.54, 1.807) is 43.4 Å². The second kappa shape index (κ2) is 18.1. The van der Waals surface area contributed by atoms with Crippen LogP contribution in [0.5, 0.6) is 5.75 Å². The molecule has 0 saturated heterocycles. The maximum Gasteiger partial charge on any atom is 0.524 e. The van der Waals surface area contributed by atoms with E-state index in [1.165, 1.54) is 24.3 Å². The van der Waals surface area contributed by atoms with Crippen LogP contribution in [0.25, 0.3) is 0 Å². The van der Waals surface area contributed by atoms with E-state index in [2.05, 4.69) is 15.6 Å². The van der Waals surface area contributed by atoms with E-state index in [0.29, 0.717) is 36.4 Å². The average Bonchev–Trinajstić information content (AvgIpc) is 3.47. The van der Waals surface area contributed by atoms with Gasteiger partial charge in [-0.25, -0.2) is 9.55 Å². The number of unbranched alkanes of at least 4 members (excludes halogenated alkanes) is 1. The molecule has 1 aromatic carbocycles. The molecule has 0 bridgehead atoms. The number of carbonyl (C=O) groups is 4. The fraction of sp³-hybridized carbons (Fsp3) is 0.581. The van der Waals surface area contributed by atoms with E-state index in [0.717, 1.165) is 24.7 Å². The summed E-state index contributed by atoms with van der Waals surface area (Å²) in [7, 11) is -1.44. The third-order valence-electron chi connectivity index (χ3n) is 7.43. The highest BCUT2D eigenvalue weighted by Crippen LogP contribution is 2.41. The molecule has 1 heterocycles. The van der Waals surface area contributed by atoms with Gasteiger partial charge in [0.1, 0.15) is 17.0 Å². The van der Waals surface area contributed by atoms with Gasteiger partial charge in [0.25, 0.3) is 5.91 Å². The molecule has 2 rings (SSSR count). The van der Waals surface area contributed by atoms with Gasteiger partial charge in [0.05, 0.1) is 5.69 Å². The molecule has 0 saturated carbocycles.